The lowest BCUT2D eigenvalue weighted by molar-refractivity contribution is -0.117. The van der Waals surface area contributed by atoms with Crippen molar-refractivity contribution >= 4 is 27.5 Å². The number of carbonyl (C=O) groups is 1. The van der Waals surface area contributed by atoms with Crippen LogP contribution in [0.2, 0.25) is 0 Å². The number of benzene rings is 1. The molecule has 0 aliphatic heterocycles. The summed E-state index contributed by atoms with van der Waals surface area (Å²) in [7, 11) is 1.94. The van der Waals surface area contributed by atoms with Crippen molar-refractivity contribution in [1.82, 2.24) is 4.90 Å². The molecule has 0 aromatic heterocycles. The van der Waals surface area contributed by atoms with Gasteiger partial charge in [0.2, 0.25) is 5.91 Å². The van der Waals surface area contributed by atoms with Gasteiger partial charge in [-0.2, -0.15) is 0 Å². The van der Waals surface area contributed by atoms with Crippen molar-refractivity contribution in [2.24, 2.45) is 11.7 Å². The topological polar surface area (TPSA) is 58.4 Å². The molecular formula is C16H26BrN3O. The quantitative estimate of drug-likeness (QED) is 0.790. The molecule has 5 heteroatoms. The van der Waals surface area contributed by atoms with Gasteiger partial charge in [0.1, 0.15) is 0 Å². The Morgan fingerprint density at radius 1 is 1.43 bits per heavy atom. The Hall–Kier alpha value is -0.910. The minimum atomic E-state index is -0.0137. The highest BCUT2D eigenvalue weighted by Crippen LogP contribution is 2.23. The van der Waals surface area contributed by atoms with Crippen LogP contribution in [-0.4, -0.2) is 37.0 Å². The highest BCUT2D eigenvalue weighted by molar-refractivity contribution is 9.10. The zero-order valence-electron chi connectivity index (χ0n) is 13.3. The predicted molar refractivity (Wildman–Crippen MR) is 92.4 cm³/mol. The Morgan fingerprint density at radius 2 is 2.10 bits per heavy atom. The van der Waals surface area contributed by atoms with E-state index in [1.165, 1.54) is 0 Å². The van der Waals surface area contributed by atoms with E-state index in [1.807, 2.05) is 37.1 Å². The minimum absolute atomic E-state index is 0.0137. The summed E-state index contributed by atoms with van der Waals surface area (Å²) in [6.07, 6.45) is 0.898. The molecule has 4 nitrogen and oxygen atoms in total. The summed E-state index contributed by atoms with van der Waals surface area (Å²) >= 11 is 3.46. The maximum atomic E-state index is 12.0. The predicted octanol–water partition coefficient (Wildman–Crippen LogP) is 3.00. The van der Waals surface area contributed by atoms with Crippen LogP contribution in [0.1, 0.15) is 25.8 Å². The number of likely N-dealkylation sites (N-methyl/N-ethyl adjacent to an activating group) is 1. The molecule has 21 heavy (non-hydrogen) atoms. The number of aryl methyl sites for hydroxylation is 1. The van der Waals surface area contributed by atoms with Crippen molar-refractivity contribution in [3.8, 4) is 0 Å². The van der Waals surface area contributed by atoms with Gasteiger partial charge >= 0.3 is 0 Å². The molecule has 0 bridgehead atoms. The maximum absolute atomic E-state index is 12.0. The minimum Gasteiger partial charge on any atom is -0.327 e. The Labute approximate surface area is 136 Å². The van der Waals surface area contributed by atoms with E-state index in [1.54, 1.807) is 0 Å². The third kappa shape index (κ3) is 6.59. The van der Waals surface area contributed by atoms with E-state index >= 15 is 0 Å². The molecule has 0 aliphatic carbocycles. The summed E-state index contributed by atoms with van der Waals surface area (Å²) in [6.45, 7) is 7.44. The van der Waals surface area contributed by atoms with Crippen LogP contribution in [0.3, 0.4) is 0 Å². The average molecular weight is 356 g/mol. The van der Waals surface area contributed by atoms with Gasteiger partial charge in [-0.15, -0.1) is 0 Å². The first-order valence-electron chi connectivity index (χ1n) is 7.29. The summed E-state index contributed by atoms with van der Waals surface area (Å²) in [5.74, 6) is 0.455. The average Bonchev–Trinajstić information content (AvgIpc) is 2.39. The van der Waals surface area contributed by atoms with E-state index in [0.717, 1.165) is 28.7 Å². The third-order valence-electron chi connectivity index (χ3n) is 3.51. The monoisotopic (exact) mass is 355 g/mol. The van der Waals surface area contributed by atoms with Gasteiger partial charge in [0.25, 0.3) is 0 Å². The standard InChI is InChI=1S/C16H26BrN3O/c1-11(2)14(18)7-8-20(4)10-16(21)19-15-6-5-12(3)9-13(15)17/h5-6,9,11,14H,7-8,10,18H2,1-4H3,(H,19,21). The van der Waals surface area contributed by atoms with E-state index in [9.17, 15) is 4.79 Å². The van der Waals surface area contributed by atoms with Crippen molar-refractivity contribution in [2.75, 3.05) is 25.5 Å². The number of anilines is 1. The number of carbonyl (C=O) groups excluding carboxylic acids is 1. The Kier molecular flexibility index (Phi) is 7.35. The largest absolute Gasteiger partial charge is 0.327 e. The molecule has 0 aliphatic rings. The van der Waals surface area contributed by atoms with Crippen LogP contribution in [0, 0.1) is 12.8 Å². The lowest BCUT2D eigenvalue weighted by Gasteiger charge is -2.21. The van der Waals surface area contributed by atoms with Gasteiger partial charge in [0, 0.05) is 10.5 Å². The molecular weight excluding hydrogens is 330 g/mol. The maximum Gasteiger partial charge on any atom is 0.238 e. The molecule has 0 fully saturated rings. The van der Waals surface area contributed by atoms with Crippen LogP contribution in [0.5, 0.6) is 0 Å². The molecule has 118 valence electrons. The normalized spacial score (nSPS) is 12.8. The highest BCUT2D eigenvalue weighted by atomic mass is 79.9. The van der Waals surface area contributed by atoms with Crippen LogP contribution < -0.4 is 11.1 Å². The number of nitrogens with zero attached hydrogens (tertiary/aromatic N) is 1. The van der Waals surface area contributed by atoms with Gasteiger partial charge in [0.15, 0.2) is 0 Å². The molecule has 3 N–H and O–H groups in total. The smallest absolute Gasteiger partial charge is 0.238 e. The van der Waals surface area contributed by atoms with Crippen molar-refractivity contribution in [2.45, 2.75) is 33.2 Å². The lowest BCUT2D eigenvalue weighted by atomic mass is 10.0. The number of halogens is 1. The van der Waals surface area contributed by atoms with E-state index in [-0.39, 0.29) is 11.9 Å². The van der Waals surface area contributed by atoms with E-state index in [2.05, 4.69) is 35.1 Å². The second-order valence-corrected chi connectivity index (χ2v) is 6.82. The van der Waals surface area contributed by atoms with Crippen LogP contribution >= 0.6 is 15.9 Å². The summed E-state index contributed by atoms with van der Waals surface area (Å²) in [5, 5.41) is 2.92. The first-order valence-corrected chi connectivity index (χ1v) is 8.09. The number of nitrogens with two attached hydrogens (primary N) is 1. The first kappa shape index (κ1) is 18.1. The van der Waals surface area contributed by atoms with Crippen molar-refractivity contribution in [3.63, 3.8) is 0 Å². The van der Waals surface area contributed by atoms with E-state index in [4.69, 9.17) is 5.73 Å². The first-order chi connectivity index (χ1) is 9.79. The number of hydrogen-bond donors (Lipinski definition) is 2. The van der Waals surface area contributed by atoms with Gasteiger partial charge < -0.3 is 11.1 Å². The molecule has 1 rings (SSSR count). The van der Waals surface area contributed by atoms with Crippen LogP contribution in [0.4, 0.5) is 5.69 Å². The van der Waals surface area contributed by atoms with Gasteiger partial charge in [-0.3, -0.25) is 9.69 Å². The molecule has 1 unspecified atom stereocenters. The molecule has 1 aromatic rings. The SMILES string of the molecule is Cc1ccc(NC(=O)CN(C)CCC(N)C(C)C)c(Br)c1. The van der Waals surface area contributed by atoms with E-state index in [0.29, 0.717) is 12.5 Å². The molecule has 1 atom stereocenters. The summed E-state index contributed by atoms with van der Waals surface area (Å²) in [4.78, 5) is 14.0. The zero-order chi connectivity index (χ0) is 16.0. The van der Waals surface area contributed by atoms with Gasteiger partial charge in [-0.1, -0.05) is 19.9 Å². The third-order valence-corrected chi connectivity index (χ3v) is 4.17. The molecule has 1 amide bonds. The van der Waals surface area contributed by atoms with E-state index < -0.39 is 0 Å². The number of amides is 1. The Balaban J connectivity index is 2.42. The Bertz CT molecular complexity index is 477. The fourth-order valence-electron chi connectivity index (χ4n) is 1.94. The molecule has 0 heterocycles. The molecule has 0 saturated carbocycles. The fourth-order valence-corrected chi connectivity index (χ4v) is 2.53. The lowest BCUT2D eigenvalue weighted by Crippen LogP contribution is -2.35. The molecule has 0 radical (unpaired) electrons. The number of hydrogen-bond acceptors (Lipinski definition) is 3. The molecule has 0 spiro atoms. The molecule has 0 saturated heterocycles. The fraction of sp³-hybridized carbons (Fsp3) is 0.562. The number of nitrogens with one attached hydrogen (secondary N) is 1. The zero-order valence-corrected chi connectivity index (χ0v) is 14.9. The summed E-state index contributed by atoms with van der Waals surface area (Å²) in [6, 6.07) is 6.06. The highest BCUT2D eigenvalue weighted by Gasteiger charge is 2.12. The number of rotatable bonds is 7. The van der Waals surface area contributed by atoms with Gasteiger partial charge in [0.05, 0.1) is 12.2 Å². The van der Waals surface area contributed by atoms with Crippen molar-refractivity contribution < 1.29 is 4.79 Å². The summed E-state index contributed by atoms with van der Waals surface area (Å²) < 4.78 is 0.903. The second-order valence-electron chi connectivity index (χ2n) is 5.97. The van der Waals surface area contributed by atoms with Crippen molar-refractivity contribution in [1.29, 1.82) is 0 Å². The van der Waals surface area contributed by atoms with Crippen LogP contribution in [-0.2, 0) is 4.79 Å². The molecule has 1 aromatic carbocycles. The van der Waals surface area contributed by atoms with Gasteiger partial charge in [-0.05, 0) is 66.5 Å². The second kappa shape index (κ2) is 8.51. The van der Waals surface area contributed by atoms with Crippen LogP contribution in [0.25, 0.3) is 0 Å². The van der Waals surface area contributed by atoms with Crippen LogP contribution in [0.15, 0.2) is 22.7 Å². The Morgan fingerprint density at radius 3 is 2.67 bits per heavy atom. The summed E-state index contributed by atoms with van der Waals surface area (Å²) in [5.41, 5.74) is 7.98. The van der Waals surface area contributed by atoms with Crippen molar-refractivity contribution in [3.05, 3.63) is 28.2 Å². The van der Waals surface area contributed by atoms with Gasteiger partial charge in [-0.25, -0.2) is 0 Å².